The summed E-state index contributed by atoms with van der Waals surface area (Å²) >= 11 is 0. The molecule has 122 valence electrons. The number of aliphatic imine (C=N–C) groups is 1. The second kappa shape index (κ2) is 8.32. The van der Waals surface area contributed by atoms with E-state index >= 15 is 0 Å². The Morgan fingerprint density at radius 2 is 1.91 bits per heavy atom. The molecule has 0 fully saturated rings. The van der Waals surface area contributed by atoms with Crippen LogP contribution in [0.1, 0.15) is 22.3 Å². The lowest BCUT2D eigenvalue weighted by Gasteiger charge is -2.22. The number of rotatable bonds is 5. The Hall–Kier alpha value is -2.36. The van der Waals surface area contributed by atoms with Crippen LogP contribution in [0.4, 0.5) is 0 Å². The number of benzene rings is 1. The third-order valence-corrected chi connectivity index (χ3v) is 3.93. The van der Waals surface area contributed by atoms with Gasteiger partial charge >= 0.3 is 0 Å². The van der Waals surface area contributed by atoms with Gasteiger partial charge in [-0.15, -0.1) is 0 Å². The molecule has 1 aromatic carbocycles. The third kappa shape index (κ3) is 5.09. The molecule has 23 heavy (non-hydrogen) atoms. The van der Waals surface area contributed by atoms with Gasteiger partial charge < -0.3 is 10.2 Å². The lowest BCUT2D eigenvalue weighted by Crippen LogP contribution is -2.39. The molecular weight excluding hydrogens is 284 g/mol. The summed E-state index contributed by atoms with van der Waals surface area (Å²) in [5.41, 5.74) is 5.12. The minimum Gasteiger partial charge on any atom is -0.356 e. The van der Waals surface area contributed by atoms with E-state index in [1.807, 2.05) is 19.4 Å². The van der Waals surface area contributed by atoms with Crippen molar-refractivity contribution >= 4 is 5.96 Å². The molecule has 0 atom stereocenters. The first kappa shape index (κ1) is 17.0. The highest BCUT2D eigenvalue weighted by molar-refractivity contribution is 5.79. The third-order valence-electron chi connectivity index (χ3n) is 3.93. The number of pyridine rings is 1. The van der Waals surface area contributed by atoms with E-state index in [0.717, 1.165) is 25.5 Å². The van der Waals surface area contributed by atoms with E-state index in [1.54, 1.807) is 0 Å². The highest BCUT2D eigenvalue weighted by atomic mass is 15.3. The zero-order valence-electron chi connectivity index (χ0n) is 14.5. The SMILES string of the molecule is CN=C(NCCc1ccncc1C)N(C)Cc1ccc(C)cc1. The lowest BCUT2D eigenvalue weighted by atomic mass is 10.1. The summed E-state index contributed by atoms with van der Waals surface area (Å²) in [4.78, 5) is 10.7. The van der Waals surface area contributed by atoms with Crippen molar-refractivity contribution in [3.63, 3.8) is 0 Å². The summed E-state index contributed by atoms with van der Waals surface area (Å²) < 4.78 is 0. The molecule has 1 N–H and O–H groups in total. The normalized spacial score (nSPS) is 11.4. The Bertz CT molecular complexity index is 647. The summed E-state index contributed by atoms with van der Waals surface area (Å²) in [6.07, 6.45) is 4.72. The van der Waals surface area contributed by atoms with Gasteiger partial charge in [0.15, 0.2) is 5.96 Å². The smallest absolute Gasteiger partial charge is 0.193 e. The van der Waals surface area contributed by atoms with Gasteiger partial charge in [-0.05, 0) is 43.0 Å². The Labute approximate surface area is 139 Å². The van der Waals surface area contributed by atoms with E-state index < -0.39 is 0 Å². The highest BCUT2D eigenvalue weighted by Crippen LogP contribution is 2.07. The van der Waals surface area contributed by atoms with E-state index in [9.17, 15) is 0 Å². The van der Waals surface area contributed by atoms with Gasteiger partial charge in [0, 0.05) is 39.6 Å². The van der Waals surface area contributed by atoms with Crippen LogP contribution in [-0.4, -0.2) is 36.5 Å². The quantitative estimate of drug-likeness (QED) is 0.682. The molecule has 4 heteroatoms. The van der Waals surface area contributed by atoms with E-state index in [4.69, 9.17) is 0 Å². The fourth-order valence-electron chi connectivity index (χ4n) is 2.52. The first-order chi connectivity index (χ1) is 11.1. The van der Waals surface area contributed by atoms with Crippen LogP contribution in [-0.2, 0) is 13.0 Å². The zero-order chi connectivity index (χ0) is 16.7. The standard InChI is InChI=1S/C19H26N4/c1-15-5-7-17(8-6-15)14-23(4)19(20-3)22-12-10-18-9-11-21-13-16(18)2/h5-9,11,13H,10,12,14H2,1-4H3,(H,20,22). The number of nitrogens with zero attached hydrogens (tertiary/aromatic N) is 3. The summed E-state index contributed by atoms with van der Waals surface area (Å²) in [5.74, 6) is 0.914. The van der Waals surface area contributed by atoms with Crippen molar-refractivity contribution in [2.75, 3.05) is 20.6 Å². The van der Waals surface area contributed by atoms with Crippen molar-refractivity contribution < 1.29 is 0 Å². The maximum atomic E-state index is 4.37. The van der Waals surface area contributed by atoms with Crippen LogP contribution in [0.25, 0.3) is 0 Å². The summed E-state index contributed by atoms with van der Waals surface area (Å²) in [6.45, 7) is 5.90. The maximum absolute atomic E-state index is 4.37. The number of nitrogens with one attached hydrogen (secondary N) is 1. The molecule has 1 heterocycles. The molecule has 0 radical (unpaired) electrons. The molecule has 0 aliphatic heterocycles. The van der Waals surface area contributed by atoms with Gasteiger partial charge in [-0.1, -0.05) is 29.8 Å². The van der Waals surface area contributed by atoms with Crippen molar-refractivity contribution in [3.05, 3.63) is 65.0 Å². The molecule has 0 aliphatic rings. The Morgan fingerprint density at radius 3 is 2.57 bits per heavy atom. The first-order valence-electron chi connectivity index (χ1n) is 7.97. The molecule has 0 saturated carbocycles. The summed E-state index contributed by atoms with van der Waals surface area (Å²) in [7, 11) is 3.89. The second-order valence-corrected chi connectivity index (χ2v) is 5.87. The van der Waals surface area contributed by atoms with Crippen LogP contribution in [0.15, 0.2) is 47.7 Å². The number of hydrogen-bond donors (Lipinski definition) is 1. The van der Waals surface area contributed by atoms with Crippen LogP contribution in [0.3, 0.4) is 0 Å². The Kier molecular flexibility index (Phi) is 6.15. The molecular formula is C19H26N4. The zero-order valence-corrected chi connectivity index (χ0v) is 14.5. The second-order valence-electron chi connectivity index (χ2n) is 5.87. The summed E-state index contributed by atoms with van der Waals surface area (Å²) in [6, 6.07) is 10.7. The Balaban J connectivity index is 1.87. The lowest BCUT2D eigenvalue weighted by molar-refractivity contribution is 0.477. The highest BCUT2D eigenvalue weighted by Gasteiger charge is 2.06. The Morgan fingerprint density at radius 1 is 1.17 bits per heavy atom. The van der Waals surface area contributed by atoms with Crippen molar-refractivity contribution in [2.45, 2.75) is 26.8 Å². The number of aromatic nitrogens is 1. The predicted octanol–water partition coefficient (Wildman–Crippen LogP) is 2.95. The fraction of sp³-hybridized carbons (Fsp3) is 0.368. The average Bonchev–Trinajstić information content (AvgIpc) is 2.55. The van der Waals surface area contributed by atoms with Gasteiger partial charge in [-0.25, -0.2) is 0 Å². The van der Waals surface area contributed by atoms with Crippen molar-refractivity contribution in [1.29, 1.82) is 0 Å². The molecule has 0 bridgehead atoms. The molecule has 0 amide bonds. The van der Waals surface area contributed by atoms with Crippen LogP contribution >= 0.6 is 0 Å². The van der Waals surface area contributed by atoms with E-state index in [-0.39, 0.29) is 0 Å². The van der Waals surface area contributed by atoms with Crippen molar-refractivity contribution in [1.82, 2.24) is 15.2 Å². The molecule has 0 unspecified atom stereocenters. The monoisotopic (exact) mass is 310 g/mol. The number of aryl methyl sites for hydroxylation is 2. The number of hydrogen-bond acceptors (Lipinski definition) is 2. The first-order valence-corrected chi connectivity index (χ1v) is 7.97. The van der Waals surface area contributed by atoms with Gasteiger partial charge in [-0.3, -0.25) is 9.98 Å². The van der Waals surface area contributed by atoms with Crippen LogP contribution < -0.4 is 5.32 Å². The molecule has 0 aliphatic carbocycles. The van der Waals surface area contributed by atoms with Crippen molar-refractivity contribution in [3.8, 4) is 0 Å². The fourth-order valence-corrected chi connectivity index (χ4v) is 2.52. The molecule has 4 nitrogen and oxygen atoms in total. The van der Waals surface area contributed by atoms with Gasteiger partial charge in [0.2, 0.25) is 0 Å². The van der Waals surface area contributed by atoms with Crippen LogP contribution in [0.5, 0.6) is 0 Å². The molecule has 0 spiro atoms. The van der Waals surface area contributed by atoms with Gasteiger partial charge in [0.25, 0.3) is 0 Å². The van der Waals surface area contributed by atoms with Crippen molar-refractivity contribution in [2.24, 2.45) is 4.99 Å². The predicted molar refractivity (Wildman–Crippen MR) is 96.7 cm³/mol. The van der Waals surface area contributed by atoms with Gasteiger partial charge in [0.05, 0.1) is 0 Å². The minimum absolute atomic E-state index is 0.842. The van der Waals surface area contributed by atoms with E-state index in [1.165, 1.54) is 22.3 Å². The molecule has 1 aromatic heterocycles. The van der Waals surface area contributed by atoms with Gasteiger partial charge in [-0.2, -0.15) is 0 Å². The van der Waals surface area contributed by atoms with Gasteiger partial charge in [0.1, 0.15) is 0 Å². The van der Waals surface area contributed by atoms with Crippen LogP contribution in [0.2, 0.25) is 0 Å². The number of guanidine groups is 1. The summed E-state index contributed by atoms with van der Waals surface area (Å²) in [5, 5.41) is 3.43. The molecule has 2 rings (SSSR count). The minimum atomic E-state index is 0.842. The largest absolute Gasteiger partial charge is 0.356 e. The molecule has 0 saturated heterocycles. The molecule has 2 aromatic rings. The average molecular weight is 310 g/mol. The topological polar surface area (TPSA) is 40.5 Å². The van der Waals surface area contributed by atoms with E-state index in [2.05, 4.69) is 71.4 Å². The van der Waals surface area contributed by atoms with E-state index in [0.29, 0.717) is 0 Å². The van der Waals surface area contributed by atoms with Crippen LogP contribution in [0, 0.1) is 13.8 Å². The maximum Gasteiger partial charge on any atom is 0.193 e.